The van der Waals surface area contributed by atoms with E-state index in [9.17, 15) is 13.6 Å². The Kier molecular flexibility index (Phi) is 6.50. The molecule has 0 aromatic carbocycles. The number of esters is 1. The molecule has 1 aliphatic heterocycles. The topological polar surface area (TPSA) is 73.9 Å². The molecule has 2 aliphatic rings. The molecule has 1 saturated heterocycles. The fourth-order valence-electron chi connectivity index (χ4n) is 2.59. The summed E-state index contributed by atoms with van der Waals surface area (Å²) in [6, 6.07) is 0. The van der Waals surface area contributed by atoms with Gasteiger partial charge in [-0.2, -0.15) is 0 Å². The number of hydrogen-bond acceptors (Lipinski definition) is 5. The van der Waals surface area contributed by atoms with Crippen molar-refractivity contribution in [1.29, 1.82) is 0 Å². The van der Waals surface area contributed by atoms with Gasteiger partial charge in [-0.15, -0.1) is 0 Å². The van der Waals surface area contributed by atoms with Gasteiger partial charge in [0, 0.05) is 25.5 Å². The zero-order valence-corrected chi connectivity index (χ0v) is 13.4. The number of aliphatic imine (C=N–C) groups is 1. The van der Waals surface area contributed by atoms with Crippen molar-refractivity contribution in [3.05, 3.63) is 11.3 Å². The first-order chi connectivity index (χ1) is 11.0. The molecule has 0 bridgehead atoms. The Labute approximate surface area is 134 Å². The van der Waals surface area contributed by atoms with Gasteiger partial charge in [0.1, 0.15) is 0 Å². The molecule has 1 aliphatic carbocycles. The van der Waals surface area contributed by atoms with Crippen LogP contribution in [0.4, 0.5) is 8.78 Å². The Morgan fingerprint density at radius 2 is 1.96 bits per heavy atom. The molecule has 23 heavy (non-hydrogen) atoms. The molecule has 0 radical (unpaired) electrons. The molecule has 2 fully saturated rings. The summed E-state index contributed by atoms with van der Waals surface area (Å²) >= 11 is 0. The fourth-order valence-corrected chi connectivity index (χ4v) is 2.59. The van der Waals surface area contributed by atoms with Crippen molar-refractivity contribution in [3.63, 3.8) is 0 Å². The smallest absolute Gasteiger partial charge is 0.357 e. The molecule has 0 amide bonds. The summed E-state index contributed by atoms with van der Waals surface area (Å²) in [6.45, 7) is 3.32. The Balaban J connectivity index is 2.23. The van der Waals surface area contributed by atoms with Crippen molar-refractivity contribution in [2.75, 3.05) is 26.4 Å². The van der Waals surface area contributed by atoms with E-state index < -0.39 is 18.0 Å². The van der Waals surface area contributed by atoms with Crippen molar-refractivity contribution in [1.82, 2.24) is 0 Å². The first-order valence-electron chi connectivity index (χ1n) is 8.11. The maximum absolute atomic E-state index is 13.5. The number of nitrogens with two attached hydrogens (primary N) is 1. The minimum atomic E-state index is -2.84. The molecular formula is C16H24F2N2O3. The standard InChI is InChI=1S/C16H24F2N2O3/c1-2-23-16(21)14(20-9-10-5-7-22-8-6-10)12(15(17)18)13(19)11-3-4-11/h10-11,15H,2-9,19H2,1H3/b13-12+,20-14?. The number of halogens is 2. The molecule has 1 heterocycles. The number of nitrogens with zero attached hydrogens (tertiary/aromatic N) is 1. The van der Waals surface area contributed by atoms with Gasteiger partial charge in [0.15, 0.2) is 5.71 Å². The normalized spacial score (nSPS) is 21.3. The molecule has 0 spiro atoms. The van der Waals surface area contributed by atoms with E-state index in [-0.39, 0.29) is 29.9 Å². The van der Waals surface area contributed by atoms with Gasteiger partial charge in [-0.3, -0.25) is 4.99 Å². The Morgan fingerprint density at radius 1 is 1.30 bits per heavy atom. The van der Waals surface area contributed by atoms with Crippen LogP contribution >= 0.6 is 0 Å². The monoisotopic (exact) mass is 330 g/mol. The Hall–Kier alpha value is -1.50. The first-order valence-corrected chi connectivity index (χ1v) is 8.11. The van der Waals surface area contributed by atoms with Crippen LogP contribution in [0.3, 0.4) is 0 Å². The van der Waals surface area contributed by atoms with Gasteiger partial charge in [0.25, 0.3) is 6.43 Å². The highest BCUT2D eigenvalue weighted by Gasteiger charge is 2.34. The second-order valence-corrected chi connectivity index (χ2v) is 5.91. The third-order valence-electron chi connectivity index (χ3n) is 4.12. The second-order valence-electron chi connectivity index (χ2n) is 5.91. The van der Waals surface area contributed by atoms with E-state index >= 15 is 0 Å². The summed E-state index contributed by atoms with van der Waals surface area (Å²) in [4.78, 5) is 16.3. The lowest BCUT2D eigenvalue weighted by molar-refractivity contribution is -0.135. The number of hydrogen-bond donors (Lipinski definition) is 1. The van der Waals surface area contributed by atoms with Crippen LogP contribution in [0.2, 0.25) is 0 Å². The number of ether oxygens (including phenoxy) is 2. The van der Waals surface area contributed by atoms with Crippen molar-refractivity contribution in [2.24, 2.45) is 22.6 Å². The minimum absolute atomic E-state index is 0.0679. The van der Waals surface area contributed by atoms with E-state index in [1.807, 2.05) is 0 Å². The third-order valence-corrected chi connectivity index (χ3v) is 4.12. The summed E-state index contributed by atoms with van der Waals surface area (Å²) in [5.74, 6) is -0.658. The highest BCUT2D eigenvalue weighted by atomic mass is 19.3. The fraction of sp³-hybridized carbons (Fsp3) is 0.750. The van der Waals surface area contributed by atoms with E-state index in [4.69, 9.17) is 15.2 Å². The van der Waals surface area contributed by atoms with Crippen molar-refractivity contribution in [2.45, 2.75) is 39.0 Å². The maximum Gasteiger partial charge on any atom is 0.357 e. The van der Waals surface area contributed by atoms with Crippen LogP contribution in [0.5, 0.6) is 0 Å². The van der Waals surface area contributed by atoms with Crippen LogP contribution < -0.4 is 5.73 Å². The molecule has 1 saturated carbocycles. The molecular weight excluding hydrogens is 306 g/mol. The summed E-state index contributed by atoms with van der Waals surface area (Å²) in [6.07, 6.45) is 0.334. The lowest BCUT2D eigenvalue weighted by atomic mass is 10.00. The maximum atomic E-state index is 13.5. The van der Waals surface area contributed by atoms with Crippen LogP contribution in [0.25, 0.3) is 0 Å². The van der Waals surface area contributed by atoms with Crippen LogP contribution in [0.1, 0.15) is 32.6 Å². The molecule has 2 N–H and O–H groups in total. The summed E-state index contributed by atoms with van der Waals surface area (Å²) in [5.41, 5.74) is 5.19. The van der Waals surface area contributed by atoms with Gasteiger partial charge in [-0.25, -0.2) is 13.6 Å². The highest BCUT2D eigenvalue weighted by molar-refractivity contribution is 6.43. The van der Waals surface area contributed by atoms with E-state index in [0.717, 1.165) is 25.7 Å². The summed E-state index contributed by atoms with van der Waals surface area (Å²) in [5, 5.41) is 0. The van der Waals surface area contributed by atoms with Gasteiger partial charge >= 0.3 is 5.97 Å². The molecule has 5 nitrogen and oxygen atoms in total. The van der Waals surface area contributed by atoms with E-state index in [2.05, 4.69) is 4.99 Å². The highest BCUT2D eigenvalue weighted by Crippen LogP contribution is 2.37. The van der Waals surface area contributed by atoms with Gasteiger partial charge < -0.3 is 15.2 Å². The zero-order chi connectivity index (χ0) is 16.8. The Morgan fingerprint density at radius 3 is 2.48 bits per heavy atom. The predicted molar refractivity (Wildman–Crippen MR) is 82.4 cm³/mol. The molecule has 130 valence electrons. The molecule has 7 heteroatoms. The van der Waals surface area contributed by atoms with Crippen molar-refractivity contribution in [3.8, 4) is 0 Å². The van der Waals surface area contributed by atoms with E-state index in [0.29, 0.717) is 19.8 Å². The Bertz CT molecular complexity index is 482. The molecule has 0 atom stereocenters. The lowest BCUT2D eigenvalue weighted by Crippen LogP contribution is -2.28. The first kappa shape index (κ1) is 17.8. The van der Waals surface area contributed by atoms with Crippen LogP contribution in [0, 0.1) is 11.8 Å². The number of carbonyl (C=O) groups is 1. The van der Waals surface area contributed by atoms with Crippen LogP contribution in [-0.4, -0.2) is 44.5 Å². The molecule has 0 aromatic heterocycles. The minimum Gasteiger partial charge on any atom is -0.461 e. The van der Waals surface area contributed by atoms with Gasteiger partial charge in [0.2, 0.25) is 0 Å². The van der Waals surface area contributed by atoms with Crippen molar-refractivity contribution < 1.29 is 23.0 Å². The molecule has 0 aromatic rings. The zero-order valence-electron chi connectivity index (χ0n) is 13.4. The van der Waals surface area contributed by atoms with Gasteiger partial charge in [0.05, 0.1) is 12.2 Å². The largest absolute Gasteiger partial charge is 0.461 e. The quantitative estimate of drug-likeness (QED) is 0.574. The summed E-state index contributed by atoms with van der Waals surface area (Å²) in [7, 11) is 0. The number of alkyl halides is 2. The average molecular weight is 330 g/mol. The van der Waals surface area contributed by atoms with Crippen LogP contribution in [-0.2, 0) is 14.3 Å². The van der Waals surface area contributed by atoms with Crippen LogP contribution in [0.15, 0.2) is 16.3 Å². The number of carbonyl (C=O) groups excluding carboxylic acids is 1. The van der Waals surface area contributed by atoms with E-state index in [1.165, 1.54) is 0 Å². The lowest BCUT2D eigenvalue weighted by Gasteiger charge is -2.21. The predicted octanol–water partition coefficient (Wildman–Crippen LogP) is 2.31. The third kappa shape index (κ3) is 4.99. The summed E-state index contributed by atoms with van der Waals surface area (Å²) < 4.78 is 37.2. The average Bonchev–Trinajstić information content (AvgIpc) is 3.36. The molecule has 2 rings (SSSR count). The molecule has 0 unspecified atom stereocenters. The van der Waals surface area contributed by atoms with Crippen molar-refractivity contribution >= 4 is 11.7 Å². The van der Waals surface area contributed by atoms with E-state index in [1.54, 1.807) is 6.92 Å². The van der Waals surface area contributed by atoms with Gasteiger partial charge in [-0.05, 0) is 44.4 Å². The van der Waals surface area contributed by atoms with Gasteiger partial charge in [-0.1, -0.05) is 0 Å². The second kappa shape index (κ2) is 8.38. The number of allylic oxidation sites excluding steroid dienone is 1. The SMILES string of the molecule is CCOC(=O)C(=NCC1CCOCC1)/C(=C(\N)C1CC1)C(F)F. The number of rotatable bonds is 7.